The van der Waals surface area contributed by atoms with E-state index in [1.54, 1.807) is 56.7 Å². The van der Waals surface area contributed by atoms with Crippen molar-refractivity contribution in [3.8, 4) is 17.2 Å². The largest absolute Gasteiger partial charge is 0.497 e. The molecule has 0 radical (unpaired) electrons. The van der Waals surface area contributed by atoms with Crippen molar-refractivity contribution in [3.63, 3.8) is 0 Å². The Morgan fingerprint density at radius 2 is 1.24 bits per heavy atom. The van der Waals surface area contributed by atoms with Gasteiger partial charge in [-0.15, -0.1) is 0 Å². The lowest BCUT2D eigenvalue weighted by molar-refractivity contribution is 0.394. The molecule has 0 aliphatic heterocycles. The van der Waals surface area contributed by atoms with Crippen molar-refractivity contribution in [1.29, 1.82) is 0 Å². The number of rotatable bonds is 7. The third-order valence-electron chi connectivity index (χ3n) is 4.24. The number of methoxy groups -OCH3 is 2. The van der Waals surface area contributed by atoms with E-state index < -0.39 is 10.1 Å². The molecule has 6 heteroatoms. The fourth-order valence-electron chi connectivity index (χ4n) is 2.63. The first-order valence-electron chi connectivity index (χ1n) is 8.92. The number of hydrogen-bond donors (Lipinski definition) is 0. The third kappa shape index (κ3) is 5.39. The molecule has 3 aromatic carbocycles. The molecule has 0 fully saturated rings. The predicted octanol–water partition coefficient (Wildman–Crippen LogP) is 4.95. The highest BCUT2D eigenvalue weighted by Gasteiger charge is 2.16. The van der Waals surface area contributed by atoms with Crippen molar-refractivity contribution >= 4 is 22.3 Å². The van der Waals surface area contributed by atoms with Crippen molar-refractivity contribution in [1.82, 2.24) is 0 Å². The van der Waals surface area contributed by atoms with Crippen LogP contribution in [0.15, 0.2) is 71.6 Å². The standard InChI is InChI=1S/C23H22O5S/c1-17-4-12-23(13-5-17)29(24,25)28-20-10-8-18(9-11-20)6-7-19-14-21(26-2)16-22(15-19)27-3/h4-16H,1-3H3/b7-6+. The molecule has 0 amide bonds. The summed E-state index contributed by atoms with van der Waals surface area (Å²) in [4.78, 5) is 0.124. The van der Waals surface area contributed by atoms with Crippen molar-refractivity contribution in [2.24, 2.45) is 0 Å². The fraction of sp³-hybridized carbons (Fsp3) is 0.130. The van der Waals surface area contributed by atoms with Gasteiger partial charge >= 0.3 is 10.1 Å². The minimum Gasteiger partial charge on any atom is -0.497 e. The van der Waals surface area contributed by atoms with E-state index in [1.165, 1.54) is 12.1 Å². The number of aryl methyl sites for hydroxylation is 1. The van der Waals surface area contributed by atoms with Gasteiger partial charge in [-0.2, -0.15) is 8.42 Å². The van der Waals surface area contributed by atoms with Crippen LogP contribution in [0.25, 0.3) is 12.2 Å². The molecule has 3 aromatic rings. The Kier molecular flexibility index (Phi) is 6.24. The first kappa shape index (κ1) is 20.5. The van der Waals surface area contributed by atoms with E-state index in [4.69, 9.17) is 13.7 Å². The van der Waals surface area contributed by atoms with Gasteiger partial charge in [-0.3, -0.25) is 0 Å². The number of benzene rings is 3. The molecule has 5 nitrogen and oxygen atoms in total. The van der Waals surface area contributed by atoms with E-state index in [9.17, 15) is 8.42 Å². The summed E-state index contributed by atoms with van der Waals surface area (Å²) in [6, 6.07) is 18.9. The van der Waals surface area contributed by atoms with Gasteiger partial charge in [0.05, 0.1) is 14.2 Å². The maximum Gasteiger partial charge on any atom is 0.339 e. The van der Waals surface area contributed by atoms with E-state index in [-0.39, 0.29) is 10.6 Å². The normalized spacial score (nSPS) is 11.4. The molecule has 0 N–H and O–H groups in total. The van der Waals surface area contributed by atoms with Crippen LogP contribution in [0.3, 0.4) is 0 Å². The van der Waals surface area contributed by atoms with Gasteiger partial charge in [0.1, 0.15) is 22.1 Å². The summed E-state index contributed by atoms with van der Waals surface area (Å²) >= 11 is 0. The predicted molar refractivity (Wildman–Crippen MR) is 114 cm³/mol. The summed E-state index contributed by atoms with van der Waals surface area (Å²) < 4.78 is 40.5. The molecule has 0 heterocycles. The summed E-state index contributed by atoms with van der Waals surface area (Å²) in [6.45, 7) is 1.89. The van der Waals surface area contributed by atoms with Crippen LogP contribution in [0, 0.1) is 6.92 Å². The van der Waals surface area contributed by atoms with Gasteiger partial charge in [-0.1, -0.05) is 42.0 Å². The van der Waals surface area contributed by atoms with Gasteiger partial charge in [0, 0.05) is 6.07 Å². The van der Waals surface area contributed by atoms with E-state index in [0.717, 1.165) is 16.7 Å². The van der Waals surface area contributed by atoms with Crippen LogP contribution in [-0.2, 0) is 10.1 Å². The monoisotopic (exact) mass is 410 g/mol. The lowest BCUT2D eigenvalue weighted by atomic mass is 10.1. The SMILES string of the molecule is COc1cc(/C=C/c2ccc(OS(=O)(=O)c3ccc(C)cc3)cc2)cc(OC)c1. The Bertz CT molecular complexity index is 1080. The number of ether oxygens (including phenoxy) is 2. The highest BCUT2D eigenvalue weighted by Crippen LogP contribution is 2.24. The Labute approximate surface area is 171 Å². The fourth-order valence-corrected chi connectivity index (χ4v) is 3.56. The summed E-state index contributed by atoms with van der Waals surface area (Å²) in [5, 5.41) is 0. The molecule has 0 bridgehead atoms. The molecule has 0 spiro atoms. The van der Waals surface area contributed by atoms with E-state index in [0.29, 0.717) is 11.5 Å². The third-order valence-corrected chi connectivity index (χ3v) is 5.50. The number of hydrogen-bond acceptors (Lipinski definition) is 5. The Hall–Kier alpha value is -3.25. The molecule has 0 unspecified atom stereocenters. The van der Waals surface area contributed by atoms with E-state index >= 15 is 0 Å². The lowest BCUT2D eigenvalue weighted by Gasteiger charge is -2.07. The van der Waals surface area contributed by atoms with Crippen LogP contribution in [0.4, 0.5) is 0 Å². The second-order valence-corrected chi connectivity index (χ2v) is 7.95. The van der Waals surface area contributed by atoms with E-state index in [2.05, 4.69) is 0 Å². The summed E-state index contributed by atoms with van der Waals surface area (Å²) in [5.74, 6) is 1.66. The molecule has 0 saturated carbocycles. The summed E-state index contributed by atoms with van der Waals surface area (Å²) in [7, 11) is -0.654. The maximum absolute atomic E-state index is 12.4. The minimum atomic E-state index is -3.86. The first-order chi connectivity index (χ1) is 13.9. The Morgan fingerprint density at radius 3 is 1.79 bits per heavy atom. The maximum atomic E-state index is 12.4. The zero-order valence-corrected chi connectivity index (χ0v) is 17.3. The molecular formula is C23H22O5S. The van der Waals surface area contributed by atoms with Gasteiger partial charge < -0.3 is 13.7 Å². The average molecular weight is 410 g/mol. The molecule has 0 aliphatic carbocycles. The van der Waals surface area contributed by atoms with Crippen molar-refractivity contribution < 1.29 is 22.1 Å². The topological polar surface area (TPSA) is 61.8 Å². The van der Waals surface area contributed by atoms with Gasteiger partial charge in [0.2, 0.25) is 0 Å². The molecule has 150 valence electrons. The summed E-state index contributed by atoms with van der Waals surface area (Å²) in [5.41, 5.74) is 2.80. The molecule has 0 saturated heterocycles. The highest BCUT2D eigenvalue weighted by atomic mass is 32.2. The molecule has 3 rings (SSSR count). The van der Waals surface area contributed by atoms with Crippen LogP contribution in [0.1, 0.15) is 16.7 Å². The highest BCUT2D eigenvalue weighted by molar-refractivity contribution is 7.87. The Balaban J connectivity index is 1.73. The smallest absolute Gasteiger partial charge is 0.339 e. The van der Waals surface area contributed by atoms with Gasteiger partial charge in [-0.25, -0.2) is 0 Å². The quantitative estimate of drug-likeness (QED) is 0.407. The van der Waals surface area contributed by atoms with Crippen LogP contribution in [0.2, 0.25) is 0 Å². The van der Waals surface area contributed by atoms with Crippen LogP contribution >= 0.6 is 0 Å². The molecule has 0 atom stereocenters. The summed E-state index contributed by atoms with van der Waals surface area (Å²) in [6.07, 6.45) is 3.83. The van der Waals surface area contributed by atoms with Crippen LogP contribution in [0.5, 0.6) is 17.2 Å². The van der Waals surface area contributed by atoms with Crippen LogP contribution < -0.4 is 13.7 Å². The zero-order valence-electron chi connectivity index (χ0n) is 16.5. The van der Waals surface area contributed by atoms with Crippen LogP contribution in [-0.4, -0.2) is 22.6 Å². The van der Waals surface area contributed by atoms with Gasteiger partial charge in [-0.05, 0) is 54.4 Å². The molecule has 0 aliphatic rings. The average Bonchev–Trinajstić information content (AvgIpc) is 2.73. The van der Waals surface area contributed by atoms with E-state index in [1.807, 2.05) is 31.2 Å². The first-order valence-corrected chi connectivity index (χ1v) is 10.3. The molecular weight excluding hydrogens is 388 g/mol. The van der Waals surface area contributed by atoms with Crippen molar-refractivity contribution in [2.75, 3.05) is 14.2 Å². The Morgan fingerprint density at radius 1 is 0.690 bits per heavy atom. The zero-order chi connectivity index (χ0) is 20.9. The van der Waals surface area contributed by atoms with Gasteiger partial charge in [0.25, 0.3) is 0 Å². The second-order valence-electron chi connectivity index (χ2n) is 6.40. The minimum absolute atomic E-state index is 0.124. The van der Waals surface area contributed by atoms with Gasteiger partial charge in [0.15, 0.2) is 0 Å². The lowest BCUT2D eigenvalue weighted by Crippen LogP contribution is -2.09. The van der Waals surface area contributed by atoms with Crippen molar-refractivity contribution in [2.45, 2.75) is 11.8 Å². The second kappa shape index (κ2) is 8.84. The molecule has 29 heavy (non-hydrogen) atoms. The van der Waals surface area contributed by atoms with Crippen molar-refractivity contribution in [3.05, 3.63) is 83.4 Å². The molecule has 0 aromatic heterocycles.